The summed E-state index contributed by atoms with van der Waals surface area (Å²) >= 11 is 0. The van der Waals surface area contributed by atoms with Crippen LogP contribution in [0, 0.1) is 12.8 Å². The molecule has 142 valence electrons. The number of rotatable bonds is 7. The first-order valence-corrected chi connectivity index (χ1v) is 9.24. The molecule has 2 N–H and O–H groups in total. The smallest absolute Gasteiger partial charge is 0.224 e. The average molecular weight is 367 g/mol. The lowest BCUT2D eigenvalue weighted by molar-refractivity contribution is -0.138. The van der Waals surface area contributed by atoms with E-state index in [1.54, 1.807) is 17.3 Å². The van der Waals surface area contributed by atoms with E-state index in [-0.39, 0.29) is 17.7 Å². The van der Waals surface area contributed by atoms with Crippen molar-refractivity contribution in [1.29, 1.82) is 0 Å². The third kappa shape index (κ3) is 5.51. The van der Waals surface area contributed by atoms with Gasteiger partial charge in [-0.15, -0.1) is 0 Å². The van der Waals surface area contributed by atoms with Crippen molar-refractivity contribution < 1.29 is 9.59 Å². The van der Waals surface area contributed by atoms with E-state index in [2.05, 4.69) is 20.6 Å². The minimum absolute atomic E-state index is 0.00692. The summed E-state index contributed by atoms with van der Waals surface area (Å²) in [6.07, 6.45) is 4.46. The van der Waals surface area contributed by atoms with Crippen LogP contribution in [-0.2, 0) is 16.1 Å². The monoisotopic (exact) mass is 367 g/mol. The Morgan fingerprint density at radius 3 is 2.89 bits per heavy atom. The highest BCUT2D eigenvalue weighted by Gasteiger charge is 2.30. The second-order valence-electron chi connectivity index (χ2n) is 6.77. The maximum Gasteiger partial charge on any atom is 0.224 e. The largest absolute Gasteiger partial charge is 0.368 e. The van der Waals surface area contributed by atoms with Crippen molar-refractivity contribution in [3.63, 3.8) is 0 Å². The molecular formula is C20H25N5O2. The van der Waals surface area contributed by atoms with Crippen molar-refractivity contribution in [3.05, 3.63) is 54.0 Å². The van der Waals surface area contributed by atoms with Crippen molar-refractivity contribution in [1.82, 2.24) is 20.2 Å². The van der Waals surface area contributed by atoms with Crippen LogP contribution >= 0.6 is 0 Å². The summed E-state index contributed by atoms with van der Waals surface area (Å²) in [5.41, 5.74) is 1.97. The van der Waals surface area contributed by atoms with Crippen molar-refractivity contribution in [2.45, 2.75) is 26.3 Å². The fraction of sp³-hybridized carbons (Fsp3) is 0.400. The zero-order chi connectivity index (χ0) is 19.1. The highest BCUT2D eigenvalue weighted by atomic mass is 16.2. The quantitative estimate of drug-likeness (QED) is 0.728. The summed E-state index contributed by atoms with van der Waals surface area (Å²) in [6, 6.07) is 9.54. The van der Waals surface area contributed by atoms with Gasteiger partial charge in [-0.1, -0.05) is 6.07 Å². The van der Waals surface area contributed by atoms with Crippen LogP contribution < -0.4 is 10.6 Å². The molecule has 7 heteroatoms. The highest BCUT2D eigenvalue weighted by Crippen LogP contribution is 2.19. The Kier molecular flexibility index (Phi) is 6.35. The molecule has 0 saturated carbocycles. The van der Waals surface area contributed by atoms with Gasteiger partial charge < -0.3 is 15.5 Å². The molecule has 27 heavy (non-hydrogen) atoms. The molecule has 1 saturated heterocycles. The van der Waals surface area contributed by atoms with Crippen LogP contribution in [0.5, 0.6) is 0 Å². The van der Waals surface area contributed by atoms with Gasteiger partial charge in [0, 0.05) is 38.4 Å². The maximum atomic E-state index is 12.5. The Hall–Kier alpha value is -2.96. The number of carbonyl (C=O) groups is 2. The van der Waals surface area contributed by atoms with Crippen LogP contribution in [-0.4, -0.2) is 46.3 Å². The lowest BCUT2D eigenvalue weighted by atomic mass is 9.96. The van der Waals surface area contributed by atoms with E-state index in [1.807, 2.05) is 37.3 Å². The molecule has 2 aromatic rings. The molecule has 0 bridgehead atoms. The van der Waals surface area contributed by atoms with Crippen LogP contribution in [0.3, 0.4) is 0 Å². The Morgan fingerprint density at radius 2 is 2.11 bits per heavy atom. The summed E-state index contributed by atoms with van der Waals surface area (Å²) in [5, 5.41) is 6.15. The van der Waals surface area contributed by atoms with E-state index < -0.39 is 0 Å². The summed E-state index contributed by atoms with van der Waals surface area (Å²) < 4.78 is 0. The molecule has 3 rings (SSSR count). The van der Waals surface area contributed by atoms with E-state index >= 15 is 0 Å². The zero-order valence-electron chi connectivity index (χ0n) is 15.5. The molecule has 0 radical (unpaired) electrons. The predicted molar refractivity (Wildman–Crippen MR) is 103 cm³/mol. The average Bonchev–Trinajstić information content (AvgIpc) is 2.68. The molecule has 1 unspecified atom stereocenters. The van der Waals surface area contributed by atoms with E-state index in [0.717, 1.165) is 17.1 Å². The van der Waals surface area contributed by atoms with E-state index in [4.69, 9.17) is 0 Å². The number of aryl methyl sites for hydroxylation is 1. The van der Waals surface area contributed by atoms with Crippen LogP contribution in [0.1, 0.15) is 24.1 Å². The number of hydrogen-bond acceptors (Lipinski definition) is 5. The SMILES string of the molecule is Cc1ccnc(NCCNC(=O)C2CCC(=O)N(Cc3ccccn3)C2)c1. The standard InChI is InChI=1S/C20H25N5O2/c1-15-7-9-22-18(12-15)23-10-11-24-20(27)16-5-6-19(26)25(13-16)14-17-4-2-3-8-21-17/h2-4,7-9,12,16H,5-6,10-11,13-14H2,1H3,(H,22,23)(H,24,27). The fourth-order valence-corrected chi connectivity index (χ4v) is 3.12. The summed E-state index contributed by atoms with van der Waals surface area (Å²) in [6.45, 7) is 4.01. The van der Waals surface area contributed by atoms with Gasteiger partial charge >= 0.3 is 0 Å². The number of likely N-dealkylation sites (tertiary alicyclic amines) is 1. The number of amides is 2. The topological polar surface area (TPSA) is 87.2 Å². The van der Waals surface area contributed by atoms with Crippen molar-refractivity contribution in [2.24, 2.45) is 5.92 Å². The Morgan fingerprint density at radius 1 is 1.22 bits per heavy atom. The van der Waals surface area contributed by atoms with Crippen molar-refractivity contribution in [3.8, 4) is 0 Å². The number of aromatic nitrogens is 2. The molecule has 1 fully saturated rings. The number of hydrogen-bond donors (Lipinski definition) is 2. The lowest BCUT2D eigenvalue weighted by Crippen LogP contribution is -2.46. The maximum absolute atomic E-state index is 12.5. The number of nitrogens with one attached hydrogen (secondary N) is 2. The first-order chi connectivity index (χ1) is 13.1. The molecule has 1 aliphatic heterocycles. The third-order valence-corrected chi connectivity index (χ3v) is 4.60. The van der Waals surface area contributed by atoms with Crippen molar-refractivity contribution >= 4 is 17.6 Å². The number of anilines is 1. The van der Waals surface area contributed by atoms with Gasteiger partial charge in [0.15, 0.2) is 0 Å². The molecule has 0 aliphatic carbocycles. The first kappa shape index (κ1) is 18.8. The zero-order valence-corrected chi connectivity index (χ0v) is 15.5. The first-order valence-electron chi connectivity index (χ1n) is 9.24. The lowest BCUT2D eigenvalue weighted by Gasteiger charge is -2.31. The summed E-state index contributed by atoms with van der Waals surface area (Å²) in [5.74, 6) is 0.696. The van der Waals surface area contributed by atoms with Gasteiger partial charge in [0.25, 0.3) is 0 Å². The van der Waals surface area contributed by atoms with Gasteiger partial charge in [0.2, 0.25) is 11.8 Å². The number of piperidine rings is 1. The van der Waals surface area contributed by atoms with Crippen LogP contribution in [0.15, 0.2) is 42.7 Å². The van der Waals surface area contributed by atoms with Crippen LogP contribution in [0.25, 0.3) is 0 Å². The molecular weight excluding hydrogens is 342 g/mol. The molecule has 1 atom stereocenters. The highest BCUT2D eigenvalue weighted by molar-refractivity contribution is 5.83. The summed E-state index contributed by atoms with van der Waals surface area (Å²) in [4.78, 5) is 34.8. The normalized spacial score (nSPS) is 16.9. The number of nitrogens with zero attached hydrogens (tertiary/aromatic N) is 3. The number of pyridine rings is 2. The van der Waals surface area contributed by atoms with Gasteiger partial charge in [0.05, 0.1) is 18.2 Å². The Labute approximate surface area is 159 Å². The molecule has 7 nitrogen and oxygen atoms in total. The predicted octanol–water partition coefficient (Wildman–Crippen LogP) is 1.75. The molecule has 0 aromatic carbocycles. The Bertz CT molecular complexity index is 781. The van der Waals surface area contributed by atoms with Gasteiger partial charge in [-0.05, 0) is 43.2 Å². The molecule has 3 heterocycles. The van der Waals surface area contributed by atoms with Crippen LogP contribution in [0.2, 0.25) is 0 Å². The number of carbonyl (C=O) groups excluding carboxylic acids is 2. The molecule has 1 aliphatic rings. The van der Waals surface area contributed by atoms with Gasteiger partial charge in [-0.25, -0.2) is 4.98 Å². The second-order valence-corrected chi connectivity index (χ2v) is 6.77. The Balaban J connectivity index is 1.44. The second kappa shape index (κ2) is 9.12. The molecule has 2 amide bonds. The van der Waals surface area contributed by atoms with E-state index in [0.29, 0.717) is 39.0 Å². The van der Waals surface area contributed by atoms with Crippen molar-refractivity contribution in [2.75, 3.05) is 25.0 Å². The van der Waals surface area contributed by atoms with Gasteiger partial charge in [0.1, 0.15) is 5.82 Å². The van der Waals surface area contributed by atoms with E-state index in [9.17, 15) is 9.59 Å². The van der Waals surface area contributed by atoms with Gasteiger partial charge in [-0.2, -0.15) is 0 Å². The van der Waals surface area contributed by atoms with Gasteiger partial charge in [-0.3, -0.25) is 14.6 Å². The van der Waals surface area contributed by atoms with Crippen LogP contribution in [0.4, 0.5) is 5.82 Å². The minimum atomic E-state index is -0.177. The third-order valence-electron chi connectivity index (χ3n) is 4.60. The van der Waals surface area contributed by atoms with E-state index in [1.165, 1.54) is 0 Å². The summed E-state index contributed by atoms with van der Waals surface area (Å²) in [7, 11) is 0. The fourth-order valence-electron chi connectivity index (χ4n) is 3.12. The molecule has 2 aromatic heterocycles. The molecule has 0 spiro atoms. The minimum Gasteiger partial charge on any atom is -0.368 e.